The van der Waals surface area contributed by atoms with E-state index in [0.29, 0.717) is 37.3 Å². The summed E-state index contributed by atoms with van der Waals surface area (Å²) in [5, 5.41) is 13.0. The number of hydrogen-bond donors (Lipinski definition) is 4. The van der Waals surface area contributed by atoms with E-state index in [-0.39, 0.29) is 35.7 Å². The number of alkyl halides is 3. The second kappa shape index (κ2) is 12.0. The van der Waals surface area contributed by atoms with E-state index in [0.717, 1.165) is 37.4 Å². The van der Waals surface area contributed by atoms with E-state index < -0.39 is 18.9 Å². The molecule has 2 fully saturated rings. The molecule has 2 unspecified atom stereocenters. The molecule has 2 aromatic rings. The second-order valence-electron chi connectivity index (χ2n) is 10.0. The van der Waals surface area contributed by atoms with Crippen molar-refractivity contribution in [3.8, 4) is 0 Å². The molecule has 4 rings (SSSR count). The van der Waals surface area contributed by atoms with E-state index in [2.05, 4.69) is 31.2 Å². The van der Waals surface area contributed by atoms with Gasteiger partial charge in [0.05, 0.1) is 0 Å². The van der Waals surface area contributed by atoms with E-state index in [1.54, 1.807) is 24.3 Å². The minimum atomic E-state index is -4.63. The fraction of sp³-hybridized carbons (Fsp3) is 0.577. The van der Waals surface area contributed by atoms with Gasteiger partial charge in [-0.1, -0.05) is 13.8 Å². The molecule has 4 N–H and O–H groups in total. The van der Waals surface area contributed by atoms with Gasteiger partial charge in [-0.15, -0.1) is 0 Å². The molecule has 208 valence electrons. The lowest BCUT2D eigenvalue weighted by molar-refractivity contribution is -0.137. The Morgan fingerprint density at radius 1 is 1.05 bits per heavy atom. The lowest BCUT2D eigenvalue weighted by Crippen LogP contribution is -2.44. The highest BCUT2D eigenvalue weighted by Crippen LogP contribution is 2.43. The van der Waals surface area contributed by atoms with Gasteiger partial charge in [0.15, 0.2) is 0 Å². The van der Waals surface area contributed by atoms with Crippen molar-refractivity contribution >= 4 is 35.8 Å². The average Bonchev–Trinajstić information content (AvgIpc) is 3.37. The zero-order valence-corrected chi connectivity index (χ0v) is 22.7. The molecule has 8 nitrogen and oxygen atoms in total. The van der Waals surface area contributed by atoms with E-state index in [9.17, 15) is 22.5 Å². The van der Waals surface area contributed by atoms with Gasteiger partial charge in [0, 0.05) is 47.5 Å². The normalized spacial score (nSPS) is 20.8. The Kier molecular flexibility index (Phi) is 8.98. The Hall–Kier alpha value is -2.65. The number of aromatic nitrogens is 2. The van der Waals surface area contributed by atoms with Gasteiger partial charge in [-0.3, -0.25) is 4.79 Å². The smallest absolute Gasteiger partial charge is 0.367 e. The van der Waals surface area contributed by atoms with Crippen molar-refractivity contribution < 1.29 is 22.5 Å². The number of carbonyl (C=O) groups excluding carboxylic acids is 1. The summed E-state index contributed by atoms with van der Waals surface area (Å²) in [7, 11) is -2.43. The van der Waals surface area contributed by atoms with Crippen molar-refractivity contribution in [3.05, 3.63) is 36.0 Å². The highest BCUT2D eigenvalue weighted by atomic mass is 31.2. The summed E-state index contributed by atoms with van der Waals surface area (Å²) in [6, 6.07) is 6.83. The number of rotatable bonds is 9. The Morgan fingerprint density at radius 2 is 1.74 bits per heavy atom. The number of carbonyl (C=O) groups is 1. The molecular formula is C26H36F3N6O2P. The Labute approximate surface area is 221 Å². The summed E-state index contributed by atoms with van der Waals surface area (Å²) in [6.07, 6.45) is 0.652. The maximum Gasteiger partial charge on any atom is 0.421 e. The van der Waals surface area contributed by atoms with Gasteiger partial charge in [-0.25, -0.2) is 4.98 Å². The molecule has 2 aliphatic rings. The summed E-state index contributed by atoms with van der Waals surface area (Å²) < 4.78 is 54.1. The topological polar surface area (TPSA) is 108 Å². The van der Waals surface area contributed by atoms with Gasteiger partial charge in [0.2, 0.25) is 11.9 Å². The first-order valence-corrected chi connectivity index (χ1v) is 15.4. The van der Waals surface area contributed by atoms with Crippen molar-refractivity contribution in [2.75, 3.05) is 36.0 Å². The lowest BCUT2D eigenvalue weighted by Gasteiger charge is -2.25. The third-order valence-corrected chi connectivity index (χ3v) is 10.8. The van der Waals surface area contributed by atoms with Crippen molar-refractivity contribution in [1.29, 1.82) is 0 Å². The Morgan fingerprint density at radius 3 is 2.37 bits per heavy atom. The van der Waals surface area contributed by atoms with Crippen LogP contribution in [0.15, 0.2) is 30.5 Å². The molecular weight excluding hydrogens is 516 g/mol. The maximum atomic E-state index is 13.7. The van der Waals surface area contributed by atoms with Crippen LogP contribution in [0.5, 0.6) is 0 Å². The third kappa shape index (κ3) is 6.86. The molecule has 1 saturated heterocycles. The number of nitrogens with one attached hydrogen (secondary N) is 4. The van der Waals surface area contributed by atoms with Crippen LogP contribution in [0.4, 0.5) is 30.6 Å². The van der Waals surface area contributed by atoms with Gasteiger partial charge in [-0.05, 0) is 69.5 Å². The molecule has 1 amide bonds. The minimum absolute atomic E-state index is 0.0145. The van der Waals surface area contributed by atoms with Crippen molar-refractivity contribution in [1.82, 2.24) is 20.6 Å². The molecule has 1 aromatic carbocycles. The van der Waals surface area contributed by atoms with Crippen LogP contribution in [-0.4, -0.2) is 53.4 Å². The predicted molar refractivity (Wildman–Crippen MR) is 144 cm³/mol. The van der Waals surface area contributed by atoms with Crippen molar-refractivity contribution in [2.45, 2.75) is 64.2 Å². The molecule has 12 heteroatoms. The van der Waals surface area contributed by atoms with Gasteiger partial charge in [-0.2, -0.15) is 18.2 Å². The van der Waals surface area contributed by atoms with Crippen LogP contribution in [0, 0.1) is 5.92 Å². The first-order valence-electron chi connectivity index (χ1n) is 13.3. The average molecular weight is 553 g/mol. The standard InChI is InChI=1S/C26H36F3N6O2P/c1-3-38(37,4-2)21-9-7-18(8-10-21)34-25-31-16-22(26(27,28)29)23(35-25)32-20-6-5-17(15-20)24(36)33-19-11-13-30-14-12-19/h7-10,16-17,19-20,30H,3-6,11-15H2,1-2H3,(H,33,36)(H2,31,32,34,35). The number of hydrogen-bond acceptors (Lipinski definition) is 7. The lowest BCUT2D eigenvalue weighted by atomic mass is 10.0. The van der Waals surface area contributed by atoms with E-state index in [1.807, 2.05) is 13.8 Å². The minimum Gasteiger partial charge on any atom is -0.367 e. The predicted octanol–water partition coefficient (Wildman–Crippen LogP) is 4.72. The van der Waals surface area contributed by atoms with E-state index >= 15 is 0 Å². The molecule has 1 aromatic heterocycles. The highest BCUT2D eigenvalue weighted by Gasteiger charge is 2.37. The van der Waals surface area contributed by atoms with Crippen molar-refractivity contribution in [2.24, 2.45) is 5.92 Å². The first kappa shape index (κ1) is 28.4. The Balaban J connectivity index is 1.44. The van der Waals surface area contributed by atoms with Crippen LogP contribution in [0.1, 0.15) is 51.5 Å². The Bertz CT molecular complexity index is 1150. The molecule has 1 aliphatic heterocycles. The first-order chi connectivity index (χ1) is 18.1. The molecule has 1 aliphatic carbocycles. The summed E-state index contributed by atoms with van der Waals surface area (Å²) in [5.41, 5.74) is -0.374. The maximum absolute atomic E-state index is 13.7. The zero-order valence-electron chi connectivity index (χ0n) is 21.8. The van der Waals surface area contributed by atoms with Gasteiger partial charge < -0.3 is 25.8 Å². The van der Waals surface area contributed by atoms with Gasteiger partial charge in [0.1, 0.15) is 18.5 Å². The van der Waals surface area contributed by atoms with Crippen LogP contribution < -0.4 is 26.6 Å². The van der Waals surface area contributed by atoms with Crippen LogP contribution in [0.25, 0.3) is 0 Å². The second-order valence-corrected chi connectivity index (χ2v) is 13.6. The number of nitrogens with zero attached hydrogens (tertiary/aromatic N) is 2. The monoisotopic (exact) mass is 552 g/mol. The van der Waals surface area contributed by atoms with E-state index in [1.165, 1.54) is 0 Å². The molecule has 0 radical (unpaired) electrons. The largest absolute Gasteiger partial charge is 0.421 e. The van der Waals surface area contributed by atoms with E-state index in [4.69, 9.17) is 0 Å². The van der Waals surface area contributed by atoms with Gasteiger partial charge >= 0.3 is 6.18 Å². The number of piperidine rings is 1. The summed E-state index contributed by atoms with van der Waals surface area (Å²) in [5.74, 6) is -0.559. The molecule has 2 atom stereocenters. The number of benzene rings is 1. The third-order valence-electron chi connectivity index (χ3n) is 7.54. The van der Waals surface area contributed by atoms with Crippen LogP contribution >= 0.6 is 7.14 Å². The molecule has 0 bridgehead atoms. The highest BCUT2D eigenvalue weighted by molar-refractivity contribution is 7.71. The molecule has 1 saturated carbocycles. The SMILES string of the molecule is CCP(=O)(CC)c1ccc(Nc2ncc(C(F)(F)F)c(NC3CCC(C(=O)NC4CCNCC4)C3)n2)cc1. The summed E-state index contributed by atoms with van der Waals surface area (Å²) in [6.45, 7) is 5.53. The number of anilines is 3. The van der Waals surface area contributed by atoms with Crippen molar-refractivity contribution in [3.63, 3.8) is 0 Å². The zero-order chi connectivity index (χ0) is 27.3. The summed E-state index contributed by atoms with van der Waals surface area (Å²) >= 11 is 0. The molecule has 0 spiro atoms. The quantitative estimate of drug-likeness (QED) is 0.334. The summed E-state index contributed by atoms with van der Waals surface area (Å²) in [4.78, 5) is 20.8. The van der Waals surface area contributed by atoms with Gasteiger partial charge in [0.25, 0.3) is 0 Å². The van der Waals surface area contributed by atoms with Crippen LogP contribution in [-0.2, 0) is 15.5 Å². The van der Waals surface area contributed by atoms with Crippen LogP contribution in [0.2, 0.25) is 0 Å². The molecule has 38 heavy (non-hydrogen) atoms. The fourth-order valence-electron chi connectivity index (χ4n) is 5.12. The van der Waals surface area contributed by atoms with Crippen LogP contribution in [0.3, 0.4) is 0 Å². The molecule has 2 heterocycles. The number of amides is 1. The number of halogens is 3. The fourth-order valence-corrected chi connectivity index (χ4v) is 6.99.